The van der Waals surface area contributed by atoms with Crippen LogP contribution in [0.4, 0.5) is 0 Å². The summed E-state index contributed by atoms with van der Waals surface area (Å²) in [6.07, 6.45) is 0. The van der Waals surface area contributed by atoms with Crippen LogP contribution in [0.3, 0.4) is 0 Å². The van der Waals surface area contributed by atoms with Gasteiger partial charge in [0.05, 0.1) is 17.1 Å². The second kappa shape index (κ2) is 4.52. The van der Waals surface area contributed by atoms with E-state index in [2.05, 4.69) is 4.98 Å². The predicted octanol–water partition coefficient (Wildman–Crippen LogP) is 2.22. The summed E-state index contributed by atoms with van der Waals surface area (Å²) >= 11 is 0. The fourth-order valence-electron chi connectivity index (χ4n) is 1.96. The normalized spacial score (nSPS) is 10.3. The third kappa shape index (κ3) is 1.99. The van der Waals surface area contributed by atoms with Crippen molar-refractivity contribution in [2.24, 2.45) is 0 Å². The molecule has 1 N–H and O–H groups in total. The van der Waals surface area contributed by atoms with Gasteiger partial charge in [-0.05, 0) is 42.5 Å². The number of nitrogens with zero attached hydrogens (tertiary/aromatic N) is 1. The van der Waals surface area contributed by atoms with Crippen LogP contribution in [0.5, 0.6) is 0 Å². The van der Waals surface area contributed by atoms with E-state index in [0.717, 1.165) is 0 Å². The number of carbonyl (C=O) groups excluding carboxylic acids is 1. The average Bonchev–Trinajstić information content (AvgIpc) is 2.85. The Hall–Kier alpha value is -3.13. The predicted molar refractivity (Wildman–Crippen MR) is 71.4 cm³/mol. The molecule has 0 fully saturated rings. The summed E-state index contributed by atoms with van der Waals surface area (Å²) in [4.78, 5) is 25.9. The molecule has 0 amide bonds. The number of aromatic nitrogens is 1. The number of carbonyl (C=O) groups is 1. The van der Waals surface area contributed by atoms with Gasteiger partial charge in [0.15, 0.2) is 11.4 Å². The maximum Gasteiger partial charge on any atom is 0.417 e. The summed E-state index contributed by atoms with van der Waals surface area (Å²) in [7, 11) is 0. The SMILES string of the molecule is N#Cc1ccc(C(=O)c2ccc3oc(=O)[nH]c3c2)cc1. The Kier molecular flexibility index (Phi) is 2.70. The number of hydrogen-bond donors (Lipinski definition) is 1. The van der Waals surface area contributed by atoms with Crippen molar-refractivity contribution in [3.05, 3.63) is 69.7 Å². The minimum atomic E-state index is -0.553. The molecule has 5 heteroatoms. The zero-order valence-electron chi connectivity index (χ0n) is 10.2. The van der Waals surface area contributed by atoms with Gasteiger partial charge in [-0.1, -0.05) is 0 Å². The number of H-pyrrole nitrogens is 1. The number of rotatable bonds is 2. The van der Waals surface area contributed by atoms with Crippen molar-refractivity contribution < 1.29 is 9.21 Å². The zero-order valence-corrected chi connectivity index (χ0v) is 10.2. The first kappa shape index (κ1) is 11.9. The van der Waals surface area contributed by atoms with Crippen LogP contribution in [-0.4, -0.2) is 10.8 Å². The molecule has 0 radical (unpaired) electrons. The molecular weight excluding hydrogens is 256 g/mol. The summed E-state index contributed by atoms with van der Waals surface area (Å²) < 4.78 is 4.88. The highest BCUT2D eigenvalue weighted by atomic mass is 16.4. The maximum atomic E-state index is 12.3. The Morgan fingerprint density at radius 1 is 1.10 bits per heavy atom. The molecule has 1 heterocycles. The third-order valence-corrected chi connectivity index (χ3v) is 2.96. The first-order valence-electron chi connectivity index (χ1n) is 5.85. The van der Waals surface area contributed by atoms with Gasteiger partial charge < -0.3 is 4.42 Å². The van der Waals surface area contributed by atoms with Crippen molar-refractivity contribution in [2.45, 2.75) is 0 Å². The molecule has 1 aromatic heterocycles. The Bertz CT molecular complexity index is 895. The van der Waals surface area contributed by atoms with Crippen molar-refractivity contribution in [1.29, 1.82) is 5.26 Å². The van der Waals surface area contributed by atoms with Crippen LogP contribution in [0.1, 0.15) is 21.5 Å². The van der Waals surface area contributed by atoms with Crippen LogP contribution >= 0.6 is 0 Å². The highest BCUT2D eigenvalue weighted by Crippen LogP contribution is 2.16. The molecule has 20 heavy (non-hydrogen) atoms. The van der Waals surface area contributed by atoms with Crippen LogP contribution in [-0.2, 0) is 0 Å². The van der Waals surface area contributed by atoms with E-state index in [-0.39, 0.29) is 5.78 Å². The van der Waals surface area contributed by atoms with E-state index in [1.165, 1.54) is 0 Å². The fraction of sp³-hybridized carbons (Fsp3) is 0. The monoisotopic (exact) mass is 264 g/mol. The number of oxazole rings is 1. The molecule has 0 spiro atoms. The highest BCUT2D eigenvalue weighted by Gasteiger charge is 2.11. The van der Waals surface area contributed by atoms with Crippen molar-refractivity contribution in [3.63, 3.8) is 0 Å². The van der Waals surface area contributed by atoms with E-state index in [4.69, 9.17) is 9.68 Å². The summed E-state index contributed by atoms with van der Waals surface area (Å²) in [5.74, 6) is -0.735. The highest BCUT2D eigenvalue weighted by molar-refractivity contribution is 6.10. The second-order valence-corrected chi connectivity index (χ2v) is 4.24. The summed E-state index contributed by atoms with van der Waals surface area (Å²) in [6, 6.07) is 13.1. The minimum absolute atomic E-state index is 0.182. The minimum Gasteiger partial charge on any atom is -0.408 e. The van der Waals surface area contributed by atoms with Crippen molar-refractivity contribution in [2.75, 3.05) is 0 Å². The molecule has 5 nitrogen and oxygen atoms in total. The Morgan fingerprint density at radius 3 is 2.50 bits per heavy atom. The zero-order chi connectivity index (χ0) is 14.1. The molecule has 0 aliphatic rings. The number of aromatic amines is 1. The van der Waals surface area contributed by atoms with E-state index in [1.54, 1.807) is 42.5 Å². The lowest BCUT2D eigenvalue weighted by molar-refractivity contribution is 0.103. The first-order valence-corrected chi connectivity index (χ1v) is 5.85. The largest absolute Gasteiger partial charge is 0.417 e. The lowest BCUT2D eigenvalue weighted by Gasteiger charge is -2.01. The molecule has 0 saturated heterocycles. The van der Waals surface area contributed by atoms with Gasteiger partial charge >= 0.3 is 5.76 Å². The van der Waals surface area contributed by atoms with Crippen molar-refractivity contribution in [3.8, 4) is 6.07 Å². The fourth-order valence-corrected chi connectivity index (χ4v) is 1.96. The van der Waals surface area contributed by atoms with Crippen LogP contribution in [0.2, 0.25) is 0 Å². The summed E-state index contributed by atoms with van der Waals surface area (Å²) in [6.45, 7) is 0. The van der Waals surface area contributed by atoms with E-state index < -0.39 is 5.76 Å². The molecule has 96 valence electrons. The van der Waals surface area contributed by atoms with Crippen molar-refractivity contribution in [1.82, 2.24) is 4.98 Å². The van der Waals surface area contributed by atoms with E-state index in [9.17, 15) is 9.59 Å². The van der Waals surface area contributed by atoms with Gasteiger partial charge in [0.25, 0.3) is 0 Å². The van der Waals surface area contributed by atoms with Gasteiger partial charge in [0.2, 0.25) is 0 Å². The molecule has 0 bridgehead atoms. The molecule has 0 aliphatic carbocycles. The van der Waals surface area contributed by atoms with Gasteiger partial charge in [-0.15, -0.1) is 0 Å². The lowest BCUT2D eigenvalue weighted by atomic mass is 10.0. The molecular formula is C15H8N2O3. The Morgan fingerprint density at radius 2 is 1.80 bits per heavy atom. The maximum absolute atomic E-state index is 12.3. The number of ketones is 1. The lowest BCUT2D eigenvalue weighted by Crippen LogP contribution is -2.01. The second-order valence-electron chi connectivity index (χ2n) is 4.24. The number of fused-ring (bicyclic) bond motifs is 1. The average molecular weight is 264 g/mol. The molecule has 3 aromatic rings. The van der Waals surface area contributed by atoms with E-state index >= 15 is 0 Å². The molecule has 0 unspecified atom stereocenters. The molecule has 3 rings (SSSR count). The van der Waals surface area contributed by atoms with Gasteiger partial charge in [0, 0.05) is 11.1 Å². The molecule has 0 saturated carbocycles. The number of nitrogens with one attached hydrogen (secondary N) is 1. The van der Waals surface area contributed by atoms with Crippen molar-refractivity contribution >= 4 is 16.9 Å². The Labute approximate surface area is 113 Å². The molecule has 0 aliphatic heterocycles. The molecule has 0 atom stereocenters. The summed E-state index contributed by atoms with van der Waals surface area (Å²) in [5.41, 5.74) is 2.31. The van der Waals surface area contributed by atoms with Crippen LogP contribution < -0.4 is 5.76 Å². The summed E-state index contributed by atoms with van der Waals surface area (Å²) in [5, 5.41) is 8.73. The van der Waals surface area contributed by atoms with Gasteiger partial charge in [0.1, 0.15) is 0 Å². The standard InChI is InChI=1S/C15H8N2O3/c16-8-9-1-3-10(4-2-9)14(18)11-5-6-13-12(7-11)17-15(19)20-13/h1-7H,(H,17,19). The number of hydrogen-bond acceptors (Lipinski definition) is 4. The van der Waals surface area contributed by atoms with Crippen LogP contribution in [0.25, 0.3) is 11.1 Å². The van der Waals surface area contributed by atoms with Gasteiger partial charge in [-0.25, -0.2) is 4.79 Å². The topological polar surface area (TPSA) is 86.9 Å². The van der Waals surface area contributed by atoms with E-state index in [1.807, 2.05) is 6.07 Å². The number of nitriles is 1. The third-order valence-electron chi connectivity index (χ3n) is 2.96. The smallest absolute Gasteiger partial charge is 0.408 e. The first-order chi connectivity index (χ1) is 9.67. The molecule has 2 aromatic carbocycles. The van der Waals surface area contributed by atoms with Crippen LogP contribution in [0.15, 0.2) is 51.7 Å². The van der Waals surface area contributed by atoms with Gasteiger partial charge in [-0.2, -0.15) is 5.26 Å². The van der Waals surface area contributed by atoms with E-state index in [0.29, 0.717) is 27.8 Å². The van der Waals surface area contributed by atoms with Gasteiger partial charge in [-0.3, -0.25) is 9.78 Å². The Balaban J connectivity index is 2.02. The number of benzene rings is 2. The quantitative estimate of drug-likeness (QED) is 0.719. The van der Waals surface area contributed by atoms with Crippen LogP contribution in [0, 0.1) is 11.3 Å².